The Hall–Kier alpha value is -2.08. The van der Waals surface area contributed by atoms with Crippen LogP contribution in [0.2, 0.25) is 0 Å². The Morgan fingerprint density at radius 3 is 2.76 bits per heavy atom. The van der Waals surface area contributed by atoms with Crippen LogP contribution in [0.3, 0.4) is 0 Å². The third kappa shape index (κ3) is 3.72. The van der Waals surface area contributed by atoms with Gasteiger partial charge in [0, 0.05) is 27.9 Å². The molecule has 21 heavy (non-hydrogen) atoms. The van der Waals surface area contributed by atoms with E-state index in [9.17, 15) is 15.2 Å². The monoisotopic (exact) mass is 350 g/mol. The maximum absolute atomic E-state index is 10.8. The fourth-order valence-corrected chi connectivity index (χ4v) is 2.49. The van der Waals surface area contributed by atoms with Crippen LogP contribution in [0.15, 0.2) is 46.9 Å². The molecule has 6 heteroatoms. The third-order valence-corrected chi connectivity index (χ3v) is 3.66. The third-order valence-electron chi connectivity index (χ3n) is 3.17. The van der Waals surface area contributed by atoms with Crippen LogP contribution in [0.5, 0.6) is 5.75 Å². The number of non-ortho nitro benzene ring substituents is 1. The fraction of sp³-hybridized carbons (Fsp3) is 0.200. The highest BCUT2D eigenvalue weighted by molar-refractivity contribution is 9.10. The second-order valence-corrected chi connectivity index (χ2v) is 5.53. The van der Waals surface area contributed by atoms with Crippen molar-refractivity contribution in [1.29, 1.82) is 0 Å². The quantitative estimate of drug-likeness (QED) is 0.609. The van der Waals surface area contributed by atoms with E-state index >= 15 is 0 Å². The van der Waals surface area contributed by atoms with E-state index in [2.05, 4.69) is 21.2 Å². The molecular formula is C15H15BrN2O3. The predicted molar refractivity (Wildman–Crippen MR) is 85.6 cm³/mol. The molecular weight excluding hydrogens is 336 g/mol. The number of rotatable bonds is 5. The molecule has 0 aromatic heterocycles. The van der Waals surface area contributed by atoms with E-state index in [1.54, 1.807) is 24.3 Å². The van der Waals surface area contributed by atoms with Crippen LogP contribution < -0.4 is 5.32 Å². The number of hydrogen-bond acceptors (Lipinski definition) is 4. The van der Waals surface area contributed by atoms with Crippen LogP contribution in [-0.4, -0.2) is 10.0 Å². The Labute approximate surface area is 130 Å². The number of aromatic hydroxyl groups is 1. The van der Waals surface area contributed by atoms with Gasteiger partial charge in [0.2, 0.25) is 0 Å². The summed E-state index contributed by atoms with van der Waals surface area (Å²) in [5.41, 5.74) is 1.43. The minimum atomic E-state index is -0.428. The molecule has 0 aliphatic heterocycles. The maximum atomic E-state index is 10.8. The van der Waals surface area contributed by atoms with E-state index in [1.807, 2.05) is 13.0 Å². The maximum Gasteiger partial charge on any atom is 0.271 e. The van der Waals surface area contributed by atoms with E-state index in [0.29, 0.717) is 5.69 Å². The van der Waals surface area contributed by atoms with Crippen LogP contribution in [0.1, 0.15) is 24.9 Å². The molecule has 2 aromatic carbocycles. The number of halogens is 1. The van der Waals surface area contributed by atoms with E-state index in [0.717, 1.165) is 16.5 Å². The summed E-state index contributed by atoms with van der Waals surface area (Å²) >= 11 is 3.38. The second-order valence-electron chi connectivity index (χ2n) is 4.62. The first-order chi connectivity index (χ1) is 10.0. The van der Waals surface area contributed by atoms with Gasteiger partial charge in [0.25, 0.3) is 5.69 Å². The molecule has 0 aliphatic carbocycles. The lowest BCUT2D eigenvalue weighted by atomic mass is 10.0. The van der Waals surface area contributed by atoms with Gasteiger partial charge in [-0.1, -0.05) is 28.9 Å². The molecule has 0 saturated heterocycles. The largest absolute Gasteiger partial charge is 0.508 e. The Morgan fingerprint density at radius 1 is 1.33 bits per heavy atom. The summed E-state index contributed by atoms with van der Waals surface area (Å²) in [5, 5.41) is 24.0. The lowest BCUT2D eigenvalue weighted by Gasteiger charge is -2.20. The van der Waals surface area contributed by atoms with Crippen LogP contribution in [0.4, 0.5) is 11.4 Å². The SMILES string of the molecule is CCC(Nc1cccc([N+](=O)[O-])c1)c1cc(Br)ccc1O. The Balaban J connectivity index is 2.29. The molecule has 0 aliphatic rings. The lowest BCUT2D eigenvalue weighted by molar-refractivity contribution is -0.384. The molecule has 2 N–H and O–H groups in total. The number of nitrogens with one attached hydrogen (secondary N) is 1. The number of nitro benzene ring substituents is 1. The zero-order valence-corrected chi connectivity index (χ0v) is 13.0. The number of phenols is 1. The van der Waals surface area contributed by atoms with E-state index in [-0.39, 0.29) is 17.5 Å². The van der Waals surface area contributed by atoms with Crippen molar-refractivity contribution < 1.29 is 10.0 Å². The summed E-state index contributed by atoms with van der Waals surface area (Å²) in [4.78, 5) is 10.4. The van der Waals surface area contributed by atoms with E-state index < -0.39 is 4.92 Å². The van der Waals surface area contributed by atoms with Gasteiger partial charge in [0.15, 0.2) is 0 Å². The number of phenolic OH excluding ortho intramolecular Hbond substituents is 1. The minimum Gasteiger partial charge on any atom is -0.508 e. The van der Waals surface area contributed by atoms with Gasteiger partial charge in [-0.15, -0.1) is 0 Å². The fourth-order valence-electron chi connectivity index (χ4n) is 2.11. The topological polar surface area (TPSA) is 75.4 Å². The number of benzene rings is 2. The normalized spacial score (nSPS) is 11.9. The molecule has 0 fully saturated rings. The molecule has 0 bridgehead atoms. The molecule has 110 valence electrons. The standard InChI is InChI=1S/C15H15BrN2O3/c1-2-14(13-8-10(16)6-7-15(13)19)17-11-4-3-5-12(9-11)18(20)21/h3-9,14,17,19H,2H2,1H3. The molecule has 1 atom stereocenters. The van der Waals surface area contributed by atoms with Crippen molar-refractivity contribution in [2.45, 2.75) is 19.4 Å². The summed E-state index contributed by atoms with van der Waals surface area (Å²) in [7, 11) is 0. The molecule has 5 nitrogen and oxygen atoms in total. The van der Waals surface area contributed by atoms with Gasteiger partial charge < -0.3 is 10.4 Å². The van der Waals surface area contributed by atoms with Crippen molar-refractivity contribution in [3.63, 3.8) is 0 Å². The van der Waals surface area contributed by atoms with Gasteiger partial charge in [-0.2, -0.15) is 0 Å². The Morgan fingerprint density at radius 2 is 2.10 bits per heavy atom. The lowest BCUT2D eigenvalue weighted by Crippen LogP contribution is -2.10. The van der Waals surface area contributed by atoms with Crippen LogP contribution >= 0.6 is 15.9 Å². The highest BCUT2D eigenvalue weighted by Gasteiger charge is 2.15. The van der Waals surface area contributed by atoms with Gasteiger partial charge >= 0.3 is 0 Å². The van der Waals surface area contributed by atoms with Gasteiger partial charge in [-0.25, -0.2) is 0 Å². The van der Waals surface area contributed by atoms with Crippen molar-refractivity contribution in [2.24, 2.45) is 0 Å². The molecule has 0 spiro atoms. The van der Waals surface area contributed by atoms with Gasteiger partial charge in [0.1, 0.15) is 5.75 Å². The zero-order chi connectivity index (χ0) is 15.4. The number of nitrogens with zero attached hydrogens (tertiary/aromatic N) is 1. The first-order valence-corrected chi connectivity index (χ1v) is 7.30. The van der Waals surface area contributed by atoms with Gasteiger partial charge in [-0.3, -0.25) is 10.1 Å². The molecule has 2 rings (SSSR count). The Kier molecular flexibility index (Phi) is 4.80. The van der Waals surface area contributed by atoms with Crippen LogP contribution in [-0.2, 0) is 0 Å². The first kappa shape index (κ1) is 15.3. The van der Waals surface area contributed by atoms with Crippen LogP contribution in [0, 0.1) is 10.1 Å². The zero-order valence-electron chi connectivity index (χ0n) is 11.4. The minimum absolute atomic E-state index is 0.0355. The summed E-state index contributed by atoms with van der Waals surface area (Å²) < 4.78 is 0.870. The molecule has 0 amide bonds. The van der Waals surface area contributed by atoms with E-state index in [4.69, 9.17) is 0 Å². The number of hydrogen-bond donors (Lipinski definition) is 2. The summed E-state index contributed by atoms with van der Waals surface area (Å²) in [5.74, 6) is 0.197. The first-order valence-electron chi connectivity index (χ1n) is 6.50. The molecule has 0 heterocycles. The second kappa shape index (κ2) is 6.58. The average molecular weight is 351 g/mol. The highest BCUT2D eigenvalue weighted by atomic mass is 79.9. The van der Waals surface area contributed by atoms with Crippen molar-refractivity contribution in [1.82, 2.24) is 0 Å². The summed E-state index contributed by atoms with van der Waals surface area (Å²) in [6, 6.07) is 11.4. The smallest absolute Gasteiger partial charge is 0.271 e. The average Bonchev–Trinajstić information content (AvgIpc) is 2.47. The van der Waals surface area contributed by atoms with Crippen LogP contribution in [0.25, 0.3) is 0 Å². The van der Waals surface area contributed by atoms with Crippen molar-refractivity contribution in [3.8, 4) is 5.75 Å². The van der Waals surface area contributed by atoms with Crippen molar-refractivity contribution >= 4 is 27.3 Å². The summed E-state index contributed by atoms with van der Waals surface area (Å²) in [6.07, 6.45) is 0.729. The molecule has 0 radical (unpaired) electrons. The van der Waals surface area contributed by atoms with Crippen molar-refractivity contribution in [3.05, 3.63) is 62.6 Å². The molecule has 1 unspecified atom stereocenters. The summed E-state index contributed by atoms with van der Waals surface area (Å²) in [6.45, 7) is 1.98. The number of nitro groups is 1. The molecule has 2 aromatic rings. The highest BCUT2D eigenvalue weighted by Crippen LogP contribution is 2.32. The molecule has 0 saturated carbocycles. The predicted octanol–water partition coefficient (Wildman–Crippen LogP) is 4.63. The number of anilines is 1. The van der Waals surface area contributed by atoms with Gasteiger partial charge in [-0.05, 0) is 30.7 Å². The van der Waals surface area contributed by atoms with Gasteiger partial charge in [0.05, 0.1) is 11.0 Å². The van der Waals surface area contributed by atoms with Crippen molar-refractivity contribution in [2.75, 3.05) is 5.32 Å². The van der Waals surface area contributed by atoms with E-state index in [1.165, 1.54) is 12.1 Å². The Bertz CT molecular complexity index is 661.